The van der Waals surface area contributed by atoms with Crippen molar-refractivity contribution in [3.8, 4) is 0 Å². The molecule has 0 amide bonds. The third-order valence-corrected chi connectivity index (χ3v) is 0. The zero-order valence-electron chi connectivity index (χ0n) is 6.39. The summed E-state index contributed by atoms with van der Waals surface area (Å²) in [5, 5.41) is 33.3. The fraction of sp³-hybridized carbons (Fsp3) is 0. The Hall–Kier alpha value is 2.86. The molecule has 62 valence electrons. The van der Waals surface area contributed by atoms with E-state index in [1.165, 1.54) is 0 Å². The van der Waals surface area contributed by atoms with Gasteiger partial charge in [0, 0.05) is 0 Å². The molecule has 0 atom stereocenters. The molecular formula is C2Ba2CaO8. The van der Waals surface area contributed by atoms with Gasteiger partial charge < -0.3 is 41.0 Å². The molecule has 0 spiro atoms. The van der Waals surface area contributed by atoms with E-state index in [4.69, 9.17) is 30.0 Å². The summed E-state index contributed by atoms with van der Waals surface area (Å²) in [6.07, 6.45) is -4.67. The number of carbonyl (C=O) groups excluding carboxylic acids is 2. The SMILES string of the molecule is O=C([O-])[O-].O=C([O-])[O-].[Ba+2].[Ba+2].[Ca+2].[O-].[O-]. The van der Waals surface area contributed by atoms with Gasteiger partial charge in [-0.25, -0.2) is 0 Å². The van der Waals surface area contributed by atoms with Crippen LogP contribution in [0.15, 0.2) is 0 Å². The van der Waals surface area contributed by atoms with E-state index in [0.717, 1.165) is 0 Å². The summed E-state index contributed by atoms with van der Waals surface area (Å²) in [5.74, 6) is 0. The third kappa shape index (κ3) is 300. The molecule has 8 nitrogen and oxygen atoms in total. The molecule has 0 saturated carbocycles. The van der Waals surface area contributed by atoms with Crippen molar-refractivity contribution in [2.45, 2.75) is 0 Å². The predicted octanol–water partition coefficient (Wildman–Crippen LogP) is -6.27. The molecule has 0 aliphatic heterocycles. The first-order valence-electron chi connectivity index (χ1n) is 1.22. The molecule has 2 radical (unpaired) electrons. The van der Waals surface area contributed by atoms with Crippen LogP contribution in [0.1, 0.15) is 0 Å². The molecule has 0 unspecified atom stereocenters. The van der Waals surface area contributed by atoms with Gasteiger partial charge in [0.1, 0.15) is 0 Å². The maximum absolute atomic E-state index is 8.33. The molecule has 0 bridgehead atoms. The maximum Gasteiger partial charge on any atom is 2.00 e. The molecule has 0 fully saturated rings. The standard InChI is InChI=1S/2CH2O3.2Ba.Ca.2O/c2*2-1(3)4;;;;;/h2*(H2,2,3,4);;;;;/q;;3*+2;2*-1/p-4. The summed E-state index contributed by atoms with van der Waals surface area (Å²) in [7, 11) is 0. The van der Waals surface area contributed by atoms with Crippen LogP contribution in [0, 0.1) is 0 Å². The van der Waals surface area contributed by atoms with Crippen LogP contribution in [-0.2, 0) is 11.0 Å². The van der Waals surface area contributed by atoms with Gasteiger partial charge in [0.15, 0.2) is 0 Å². The second kappa shape index (κ2) is 36.4. The van der Waals surface area contributed by atoms with E-state index in [9.17, 15) is 0 Å². The Morgan fingerprint density at radius 1 is 0.692 bits per heavy atom. The van der Waals surface area contributed by atoms with Gasteiger partial charge in [-0.1, -0.05) is 0 Å². The minimum absolute atomic E-state index is 0. The molecule has 0 aliphatic rings. The van der Waals surface area contributed by atoms with Crippen LogP contribution in [0.25, 0.3) is 0 Å². The van der Waals surface area contributed by atoms with Gasteiger partial charge in [-0.05, 0) is 12.3 Å². The van der Waals surface area contributed by atoms with E-state index in [0.29, 0.717) is 0 Å². The minimum Gasteiger partial charge on any atom is -1.00 e. The van der Waals surface area contributed by atoms with Crippen molar-refractivity contribution in [2.75, 3.05) is 0 Å². The van der Waals surface area contributed by atoms with Crippen molar-refractivity contribution in [3.63, 3.8) is 0 Å². The van der Waals surface area contributed by atoms with Crippen LogP contribution in [0.2, 0.25) is 0 Å². The van der Waals surface area contributed by atoms with Crippen molar-refractivity contribution in [2.24, 2.45) is 0 Å². The Bertz CT molecular complexity index is 78.1. The van der Waals surface area contributed by atoms with E-state index in [1.54, 1.807) is 0 Å². The molecule has 0 N–H and O–H groups in total. The van der Waals surface area contributed by atoms with Gasteiger partial charge in [0.2, 0.25) is 0 Å². The Kier molecular flexibility index (Phi) is 125. The van der Waals surface area contributed by atoms with E-state index in [1.807, 2.05) is 0 Å². The Morgan fingerprint density at radius 2 is 0.692 bits per heavy atom. The quantitative estimate of drug-likeness (QED) is 0.320. The number of carboxylic acid groups (broad SMARTS) is 4. The molecule has 0 aliphatic carbocycles. The van der Waals surface area contributed by atoms with Crippen LogP contribution < -0.4 is 20.4 Å². The normalized spacial score (nSPS) is 3.69. The first-order chi connectivity index (χ1) is 3.46. The first kappa shape index (κ1) is 44.6. The zero-order chi connectivity index (χ0) is 7.15. The zero-order valence-corrected chi connectivity index (χ0v) is 17.5. The second-order valence-electron chi connectivity index (χ2n) is 0.500. The fourth-order valence-electron chi connectivity index (χ4n) is 0. The molecule has 11 heteroatoms. The van der Waals surface area contributed by atoms with Crippen LogP contribution in [0.5, 0.6) is 0 Å². The number of carbonyl (C=O) groups is 2. The second-order valence-corrected chi connectivity index (χ2v) is 0.500. The van der Waals surface area contributed by atoms with E-state index >= 15 is 0 Å². The smallest absolute Gasteiger partial charge is 1.00 e. The van der Waals surface area contributed by atoms with Crippen molar-refractivity contribution >= 4 is 148 Å². The Balaban J connectivity index is -0.00000000800. The van der Waals surface area contributed by atoms with Gasteiger partial charge in [-0.15, -0.1) is 0 Å². The molecule has 0 rings (SSSR count). The number of hydrogen-bond donors (Lipinski definition) is 0. The average Bonchev–Trinajstić information content (AvgIpc) is 1.25. The third-order valence-electron chi connectivity index (χ3n) is 0. The molecule has 0 aromatic heterocycles. The van der Waals surface area contributed by atoms with E-state index in [-0.39, 0.29) is 146 Å². The predicted molar refractivity (Wildman–Crippen MR) is 29.4 cm³/mol. The Labute approximate surface area is 184 Å². The summed E-state index contributed by atoms with van der Waals surface area (Å²) < 4.78 is 0. The summed E-state index contributed by atoms with van der Waals surface area (Å²) in [6, 6.07) is 0. The molecule has 13 heavy (non-hydrogen) atoms. The first-order valence-corrected chi connectivity index (χ1v) is 1.22. The summed E-state index contributed by atoms with van der Waals surface area (Å²) in [6.45, 7) is 0. The molecule has 0 heterocycles. The van der Waals surface area contributed by atoms with Crippen LogP contribution in [0.4, 0.5) is 9.59 Å². The van der Waals surface area contributed by atoms with Gasteiger partial charge in [-0.3, -0.25) is 0 Å². The van der Waals surface area contributed by atoms with Crippen molar-refractivity contribution < 1.29 is 41.0 Å². The average molecular weight is 467 g/mol. The summed E-state index contributed by atoms with van der Waals surface area (Å²) in [4.78, 5) is 16.7. The fourth-order valence-corrected chi connectivity index (χ4v) is 0. The van der Waals surface area contributed by atoms with Gasteiger partial charge >= 0.3 is 136 Å². The van der Waals surface area contributed by atoms with E-state index in [2.05, 4.69) is 0 Å². The molecular weight excluding hydrogens is 467 g/mol. The molecule has 0 saturated heterocycles. The number of hydrogen-bond acceptors (Lipinski definition) is 8. The van der Waals surface area contributed by atoms with Crippen molar-refractivity contribution in [1.29, 1.82) is 0 Å². The van der Waals surface area contributed by atoms with Crippen LogP contribution in [0.3, 0.4) is 0 Å². The van der Waals surface area contributed by atoms with Crippen molar-refractivity contribution in [3.05, 3.63) is 0 Å². The number of rotatable bonds is 0. The molecule has 0 aromatic rings. The van der Waals surface area contributed by atoms with Gasteiger partial charge in [-0.2, -0.15) is 0 Å². The summed E-state index contributed by atoms with van der Waals surface area (Å²) in [5.41, 5.74) is 0. The maximum atomic E-state index is 8.33. The van der Waals surface area contributed by atoms with Crippen LogP contribution in [-0.4, -0.2) is 148 Å². The summed E-state index contributed by atoms with van der Waals surface area (Å²) >= 11 is 0. The van der Waals surface area contributed by atoms with E-state index < -0.39 is 12.3 Å². The minimum atomic E-state index is -2.33. The molecule has 0 aromatic carbocycles. The van der Waals surface area contributed by atoms with Gasteiger partial charge in [0.05, 0.1) is 0 Å². The Morgan fingerprint density at radius 3 is 0.692 bits per heavy atom. The van der Waals surface area contributed by atoms with Crippen LogP contribution >= 0.6 is 0 Å². The van der Waals surface area contributed by atoms with Gasteiger partial charge in [0.25, 0.3) is 0 Å². The van der Waals surface area contributed by atoms with Crippen molar-refractivity contribution in [1.82, 2.24) is 0 Å². The largest absolute Gasteiger partial charge is 2.00 e. The monoisotopic (exact) mass is 468 g/mol. The topological polar surface area (TPSA) is 183 Å².